The van der Waals surface area contributed by atoms with Crippen LogP contribution in [0.4, 0.5) is 34.6 Å². The van der Waals surface area contributed by atoms with Gasteiger partial charge in [0.15, 0.2) is 23.3 Å². The Bertz CT molecular complexity index is 901. The van der Waals surface area contributed by atoms with Crippen molar-refractivity contribution in [2.75, 3.05) is 25.1 Å². The van der Waals surface area contributed by atoms with Crippen molar-refractivity contribution in [2.45, 2.75) is 6.92 Å². The summed E-state index contributed by atoms with van der Waals surface area (Å²) in [7, 11) is 0. The Hall–Kier alpha value is -2.99. The number of nitrogens with one attached hydrogen (secondary N) is 1. The van der Waals surface area contributed by atoms with Crippen LogP contribution in [-0.2, 0) is 4.74 Å². The molecule has 0 heterocycles. The van der Waals surface area contributed by atoms with E-state index in [1.54, 1.807) is 6.92 Å². The Morgan fingerprint density at radius 1 is 0.931 bits per heavy atom. The third-order valence-corrected chi connectivity index (χ3v) is 3.49. The van der Waals surface area contributed by atoms with Gasteiger partial charge in [-0.25, -0.2) is 17.6 Å². The van der Waals surface area contributed by atoms with Crippen molar-refractivity contribution < 1.29 is 32.1 Å². The molecule has 8 nitrogen and oxygen atoms in total. The van der Waals surface area contributed by atoms with Crippen LogP contribution in [0.5, 0.6) is 0 Å². The minimum atomic E-state index is -1.29. The van der Waals surface area contributed by atoms with Crippen molar-refractivity contribution >= 4 is 28.7 Å². The molecule has 2 aromatic rings. The molecule has 0 spiro atoms. The number of hydrogen-bond acceptors (Lipinski definition) is 6. The first-order chi connectivity index (χ1) is 13.6. The molecule has 0 bridgehead atoms. The summed E-state index contributed by atoms with van der Waals surface area (Å²) in [5, 5.41) is 22.9. The van der Waals surface area contributed by atoms with E-state index in [9.17, 15) is 37.8 Å². The lowest BCUT2D eigenvalue weighted by molar-refractivity contribution is -0.385. The fraction of sp³-hybridized carbons (Fsp3) is 0.250. The van der Waals surface area contributed by atoms with E-state index < -0.39 is 49.5 Å². The van der Waals surface area contributed by atoms with Crippen LogP contribution >= 0.6 is 11.6 Å². The van der Waals surface area contributed by atoms with Gasteiger partial charge in [0, 0.05) is 25.3 Å². The average Bonchev–Trinajstić information content (AvgIpc) is 2.64. The van der Waals surface area contributed by atoms with Crippen molar-refractivity contribution in [1.82, 2.24) is 0 Å². The highest BCUT2D eigenvalue weighted by molar-refractivity contribution is 6.32. The van der Waals surface area contributed by atoms with Crippen molar-refractivity contribution in [3.05, 3.63) is 72.8 Å². The van der Waals surface area contributed by atoms with Crippen LogP contribution in [0.25, 0.3) is 0 Å². The van der Waals surface area contributed by atoms with Crippen LogP contribution in [0.3, 0.4) is 0 Å². The second-order valence-electron chi connectivity index (χ2n) is 5.14. The summed E-state index contributed by atoms with van der Waals surface area (Å²) in [4.78, 5) is 19.1. The highest BCUT2D eigenvalue weighted by Crippen LogP contribution is 2.27. The molecular formula is C16H14ClF4N3O5. The molecular weight excluding hydrogens is 426 g/mol. The number of halogens is 5. The number of nitro groups is 2. The van der Waals surface area contributed by atoms with Crippen LogP contribution in [0, 0.1) is 43.5 Å². The summed E-state index contributed by atoms with van der Waals surface area (Å²) < 4.78 is 55.5. The van der Waals surface area contributed by atoms with E-state index >= 15 is 0 Å². The second-order valence-corrected chi connectivity index (χ2v) is 5.55. The highest BCUT2D eigenvalue weighted by atomic mass is 35.5. The summed E-state index contributed by atoms with van der Waals surface area (Å²) >= 11 is 5.25. The highest BCUT2D eigenvalue weighted by Gasteiger charge is 2.18. The van der Waals surface area contributed by atoms with Gasteiger partial charge in [0.2, 0.25) is 0 Å². The number of hydrogen-bond donors (Lipinski definition) is 1. The summed E-state index contributed by atoms with van der Waals surface area (Å²) in [6.45, 7) is 2.92. The van der Waals surface area contributed by atoms with Crippen LogP contribution in [0.1, 0.15) is 6.92 Å². The topological polar surface area (TPSA) is 108 Å². The summed E-state index contributed by atoms with van der Waals surface area (Å²) in [6, 6.07) is 2.32. The fourth-order valence-corrected chi connectivity index (χ4v) is 2.10. The second kappa shape index (κ2) is 11.1. The number of nitro benzene ring substituents is 2. The Morgan fingerprint density at radius 3 is 1.93 bits per heavy atom. The molecule has 0 unspecified atom stereocenters. The third kappa shape index (κ3) is 7.16. The lowest BCUT2D eigenvalue weighted by atomic mass is 10.2. The van der Waals surface area contributed by atoms with E-state index in [0.29, 0.717) is 31.4 Å². The van der Waals surface area contributed by atoms with E-state index in [0.717, 1.165) is 6.07 Å². The lowest BCUT2D eigenvalue weighted by Gasteiger charge is -2.07. The van der Waals surface area contributed by atoms with Gasteiger partial charge in [-0.1, -0.05) is 11.6 Å². The number of rotatable bonds is 7. The first kappa shape index (κ1) is 24.0. The van der Waals surface area contributed by atoms with Crippen LogP contribution in [0.2, 0.25) is 5.02 Å². The Labute approximate surface area is 166 Å². The average molecular weight is 440 g/mol. The summed E-state index contributed by atoms with van der Waals surface area (Å²) in [5.41, 5.74) is -1.20. The van der Waals surface area contributed by atoms with E-state index in [1.807, 2.05) is 0 Å². The number of ether oxygens (including phenoxy) is 1. The Kier molecular flexibility index (Phi) is 9.22. The molecule has 0 aliphatic heterocycles. The summed E-state index contributed by atoms with van der Waals surface area (Å²) in [6.07, 6.45) is 0. The first-order valence-corrected chi connectivity index (χ1v) is 8.20. The minimum absolute atomic E-state index is 0.0615. The maximum atomic E-state index is 12.9. The van der Waals surface area contributed by atoms with Crippen molar-refractivity contribution in [3.8, 4) is 0 Å². The molecule has 0 aliphatic rings. The Morgan fingerprint density at radius 2 is 1.41 bits per heavy atom. The van der Waals surface area contributed by atoms with Crippen LogP contribution < -0.4 is 5.32 Å². The van der Waals surface area contributed by atoms with Crippen molar-refractivity contribution in [3.63, 3.8) is 0 Å². The van der Waals surface area contributed by atoms with Gasteiger partial charge in [-0.3, -0.25) is 20.2 Å². The molecule has 0 fully saturated rings. The van der Waals surface area contributed by atoms with Gasteiger partial charge < -0.3 is 10.1 Å². The van der Waals surface area contributed by atoms with Gasteiger partial charge >= 0.3 is 0 Å². The predicted octanol–water partition coefficient (Wildman–Crippen LogP) is 4.85. The SMILES string of the molecule is CCOCCNc1cc(F)c(F)cc1[N+](=O)[O-].O=[N+]([O-])c1cc(F)c(F)cc1Cl. The molecule has 158 valence electrons. The third-order valence-electron chi connectivity index (χ3n) is 3.19. The van der Waals surface area contributed by atoms with E-state index in [1.165, 1.54) is 0 Å². The predicted molar refractivity (Wildman–Crippen MR) is 96.0 cm³/mol. The summed E-state index contributed by atoms with van der Waals surface area (Å²) in [5.74, 6) is -4.86. The standard InChI is InChI=1S/C10H12F2N2O3.C6H2ClF2NO2/c1-2-17-4-3-13-9-5-7(11)8(12)6-10(9)14(15)16;7-3-1-4(8)5(9)2-6(3)10(11)12/h5-6,13H,2-4H2,1H3;1-2H. The first-order valence-electron chi connectivity index (χ1n) is 7.82. The van der Waals surface area contributed by atoms with E-state index in [4.69, 9.17) is 16.3 Å². The molecule has 0 aliphatic carbocycles. The molecule has 13 heteroatoms. The maximum absolute atomic E-state index is 12.9. The quantitative estimate of drug-likeness (QED) is 0.217. The number of nitrogens with zero attached hydrogens (tertiary/aromatic N) is 2. The van der Waals surface area contributed by atoms with Gasteiger partial charge in [0.1, 0.15) is 10.7 Å². The van der Waals surface area contributed by atoms with Gasteiger partial charge in [-0.05, 0) is 6.92 Å². The van der Waals surface area contributed by atoms with Crippen LogP contribution in [0.15, 0.2) is 24.3 Å². The van der Waals surface area contributed by atoms with Gasteiger partial charge in [0.25, 0.3) is 11.4 Å². The monoisotopic (exact) mass is 439 g/mol. The van der Waals surface area contributed by atoms with Gasteiger partial charge in [-0.2, -0.15) is 0 Å². The molecule has 2 aromatic carbocycles. The minimum Gasteiger partial charge on any atom is -0.380 e. The molecule has 0 atom stereocenters. The molecule has 0 saturated carbocycles. The molecule has 29 heavy (non-hydrogen) atoms. The molecule has 0 amide bonds. The Balaban J connectivity index is 0.000000308. The lowest BCUT2D eigenvalue weighted by Crippen LogP contribution is -2.11. The maximum Gasteiger partial charge on any atom is 0.295 e. The molecule has 2 rings (SSSR count). The molecule has 0 radical (unpaired) electrons. The van der Waals surface area contributed by atoms with E-state index in [-0.39, 0.29) is 12.2 Å². The molecule has 0 aromatic heterocycles. The van der Waals surface area contributed by atoms with E-state index in [2.05, 4.69) is 5.32 Å². The zero-order chi connectivity index (χ0) is 22.1. The zero-order valence-corrected chi connectivity index (χ0v) is 15.5. The van der Waals surface area contributed by atoms with Crippen molar-refractivity contribution in [2.24, 2.45) is 0 Å². The smallest absolute Gasteiger partial charge is 0.295 e. The van der Waals surface area contributed by atoms with Gasteiger partial charge in [-0.15, -0.1) is 0 Å². The zero-order valence-electron chi connectivity index (χ0n) is 14.8. The largest absolute Gasteiger partial charge is 0.380 e. The molecule has 0 saturated heterocycles. The number of benzene rings is 2. The normalized spacial score (nSPS) is 10.1. The van der Waals surface area contributed by atoms with Crippen LogP contribution in [-0.4, -0.2) is 29.6 Å². The van der Waals surface area contributed by atoms with Gasteiger partial charge in [0.05, 0.1) is 28.6 Å². The molecule has 1 N–H and O–H groups in total. The van der Waals surface area contributed by atoms with Crippen molar-refractivity contribution in [1.29, 1.82) is 0 Å². The fourth-order valence-electron chi connectivity index (χ4n) is 1.88. The number of anilines is 1.